The van der Waals surface area contributed by atoms with E-state index >= 15 is 0 Å². The Morgan fingerprint density at radius 1 is 1.04 bits per heavy atom. The largest absolute Gasteiger partial charge is 0.426 e. The molecule has 0 saturated carbocycles. The van der Waals surface area contributed by atoms with E-state index in [-0.39, 0.29) is 17.1 Å². The number of carbonyl (C=O) groups excluding carboxylic acids is 1. The first-order valence-electron chi connectivity index (χ1n) is 7.73. The highest BCUT2D eigenvalue weighted by Crippen LogP contribution is 2.29. The Labute approximate surface area is 180 Å². The van der Waals surface area contributed by atoms with Crippen molar-refractivity contribution in [2.45, 2.75) is 38.5 Å². The third-order valence-corrected chi connectivity index (χ3v) is 7.27. The molecule has 0 aliphatic heterocycles. The summed E-state index contributed by atoms with van der Waals surface area (Å²) >= 11 is 3.58. The van der Waals surface area contributed by atoms with Crippen LogP contribution in [0.2, 0.25) is 0 Å². The van der Waals surface area contributed by atoms with Crippen molar-refractivity contribution in [3.05, 3.63) is 53.7 Å². The zero-order valence-electron chi connectivity index (χ0n) is 14.5. The summed E-state index contributed by atoms with van der Waals surface area (Å²) in [4.78, 5) is 12.0. The Kier molecular flexibility index (Phi) is 7.08. The second-order valence-corrected chi connectivity index (χ2v) is 9.73. The summed E-state index contributed by atoms with van der Waals surface area (Å²) in [6.07, 6.45) is 0.798. The molecule has 0 bridgehead atoms. The minimum atomic E-state index is -4.32. The Hall–Kier alpha value is -0.720. The van der Waals surface area contributed by atoms with Crippen molar-refractivity contribution in [3.63, 3.8) is 0 Å². The molecule has 5 nitrogen and oxygen atoms in total. The lowest BCUT2D eigenvalue weighted by atomic mass is 9.96. The number of hydrogen-bond acceptors (Lipinski definition) is 4. The van der Waals surface area contributed by atoms with Gasteiger partial charge in [0.1, 0.15) is 10.6 Å². The van der Waals surface area contributed by atoms with Crippen molar-refractivity contribution in [1.82, 2.24) is 0 Å². The third kappa shape index (κ3) is 5.40. The lowest BCUT2D eigenvalue weighted by Crippen LogP contribution is -2.11. The molecule has 0 fully saturated rings. The van der Waals surface area contributed by atoms with E-state index in [0.29, 0.717) is 13.6 Å². The van der Waals surface area contributed by atoms with Gasteiger partial charge < -0.3 is 4.74 Å². The Balaban J connectivity index is 2.12. The summed E-state index contributed by atoms with van der Waals surface area (Å²) in [7, 11) is -4.32. The van der Waals surface area contributed by atoms with Gasteiger partial charge in [0.2, 0.25) is 0 Å². The second kappa shape index (κ2) is 8.53. The van der Waals surface area contributed by atoms with E-state index in [4.69, 9.17) is 4.74 Å². The molecule has 0 atom stereocenters. The van der Waals surface area contributed by atoms with Crippen molar-refractivity contribution in [2.75, 3.05) is 0 Å². The molecule has 0 amide bonds. The quantitative estimate of drug-likeness (QED) is 0.235. The van der Waals surface area contributed by atoms with Gasteiger partial charge in [-0.1, -0.05) is 17.7 Å². The first kappa shape index (κ1) is 21.6. The predicted molar refractivity (Wildman–Crippen MR) is 116 cm³/mol. The second-order valence-electron chi connectivity index (χ2n) is 6.04. The maximum atomic E-state index is 12.2. The fraction of sp³-hybridized carbons (Fsp3) is 0.278. The molecule has 2 aromatic rings. The van der Waals surface area contributed by atoms with Gasteiger partial charge in [0.05, 0.1) is 0 Å². The number of rotatable bonds is 5. The molecule has 0 aromatic heterocycles. The van der Waals surface area contributed by atoms with E-state index in [1.165, 1.54) is 17.7 Å². The van der Waals surface area contributed by atoms with Crippen molar-refractivity contribution in [2.24, 2.45) is 0 Å². The monoisotopic (exact) mass is 600 g/mol. The minimum absolute atomic E-state index is 0.176. The van der Waals surface area contributed by atoms with Crippen molar-refractivity contribution in [3.8, 4) is 5.75 Å². The highest BCUT2D eigenvalue weighted by molar-refractivity contribution is 14.1. The fourth-order valence-electron chi connectivity index (χ4n) is 2.86. The zero-order valence-corrected chi connectivity index (χ0v) is 19.6. The van der Waals surface area contributed by atoms with Gasteiger partial charge in [-0.15, -0.1) is 0 Å². The highest BCUT2D eigenvalue weighted by atomic mass is 127. The van der Waals surface area contributed by atoms with Gasteiger partial charge >= 0.3 is 5.97 Å². The maximum Gasteiger partial charge on any atom is 0.311 e. The lowest BCUT2D eigenvalue weighted by molar-refractivity contribution is -0.134. The zero-order chi connectivity index (χ0) is 19.6. The van der Waals surface area contributed by atoms with Crippen LogP contribution in [0.5, 0.6) is 5.75 Å². The molecule has 26 heavy (non-hydrogen) atoms. The first-order chi connectivity index (χ1) is 12.0. The number of esters is 1. The molecule has 8 heteroatoms. The standard InChI is InChI=1S/C18H18I2O5S/c1-10-6-11(2)14(12(3)7-10)4-5-17(21)25-13-8-15(19)18(16(20)9-13)26(22,23)24/h6-9H,4-5H2,1-3H3,(H,22,23,24). The first-order valence-corrected chi connectivity index (χ1v) is 11.3. The molecule has 0 unspecified atom stereocenters. The van der Waals surface area contributed by atoms with Crippen molar-refractivity contribution in [1.29, 1.82) is 0 Å². The summed E-state index contributed by atoms with van der Waals surface area (Å²) < 4.78 is 38.0. The van der Waals surface area contributed by atoms with Crippen molar-refractivity contribution >= 4 is 61.3 Å². The average molecular weight is 600 g/mol. The van der Waals surface area contributed by atoms with Gasteiger partial charge in [0.15, 0.2) is 0 Å². The SMILES string of the molecule is Cc1cc(C)c(CCC(=O)Oc2cc(I)c(S(=O)(=O)O)c(I)c2)c(C)c1. The molecule has 0 radical (unpaired) electrons. The highest BCUT2D eigenvalue weighted by Gasteiger charge is 2.20. The smallest absolute Gasteiger partial charge is 0.311 e. The van der Waals surface area contributed by atoms with Gasteiger partial charge in [0.25, 0.3) is 10.1 Å². The van der Waals surface area contributed by atoms with E-state index in [1.807, 2.05) is 20.8 Å². The average Bonchev–Trinajstić information content (AvgIpc) is 2.43. The van der Waals surface area contributed by atoms with Gasteiger partial charge in [-0.3, -0.25) is 9.35 Å². The number of benzene rings is 2. The molecular weight excluding hydrogens is 582 g/mol. The van der Waals surface area contributed by atoms with E-state index in [2.05, 4.69) is 12.1 Å². The summed E-state index contributed by atoms with van der Waals surface area (Å²) in [6.45, 7) is 6.09. The minimum Gasteiger partial charge on any atom is -0.426 e. The van der Waals surface area contributed by atoms with Crippen LogP contribution in [0, 0.1) is 27.9 Å². The normalized spacial score (nSPS) is 11.5. The maximum absolute atomic E-state index is 12.2. The summed E-state index contributed by atoms with van der Waals surface area (Å²) in [5.74, 6) is -0.135. The third-order valence-electron chi connectivity index (χ3n) is 3.88. The number of ether oxygens (including phenoxy) is 1. The van der Waals surface area contributed by atoms with Crippen LogP contribution >= 0.6 is 45.2 Å². The van der Waals surface area contributed by atoms with Crippen LogP contribution in [0.1, 0.15) is 28.7 Å². The fourth-order valence-corrected chi connectivity index (χ4v) is 6.85. The molecule has 0 aliphatic carbocycles. The molecule has 0 spiro atoms. The molecule has 0 aliphatic rings. The number of hydrogen-bond donors (Lipinski definition) is 1. The molecule has 140 valence electrons. The van der Waals surface area contributed by atoms with Crippen LogP contribution in [0.4, 0.5) is 0 Å². The van der Waals surface area contributed by atoms with Gasteiger partial charge in [-0.25, -0.2) is 0 Å². The molecule has 0 saturated heterocycles. The Morgan fingerprint density at radius 3 is 2.00 bits per heavy atom. The van der Waals surface area contributed by atoms with Gasteiger partial charge in [0, 0.05) is 13.6 Å². The topological polar surface area (TPSA) is 80.7 Å². The molecule has 2 aromatic carbocycles. The van der Waals surface area contributed by atoms with Crippen LogP contribution < -0.4 is 4.74 Å². The van der Waals surface area contributed by atoms with Crippen LogP contribution in [0.3, 0.4) is 0 Å². The number of halogens is 2. The van der Waals surface area contributed by atoms with E-state index in [0.717, 1.165) is 16.7 Å². The predicted octanol–water partition coefficient (Wildman–Crippen LogP) is 4.61. The van der Waals surface area contributed by atoms with Crippen LogP contribution in [0.25, 0.3) is 0 Å². The molecular formula is C18H18I2O5S. The number of carbonyl (C=O) groups is 1. The molecule has 2 rings (SSSR count). The molecule has 1 N–H and O–H groups in total. The van der Waals surface area contributed by atoms with Crippen LogP contribution in [-0.4, -0.2) is 18.9 Å². The summed E-state index contributed by atoms with van der Waals surface area (Å²) in [5, 5.41) is 0. The van der Waals surface area contributed by atoms with E-state index in [9.17, 15) is 17.8 Å². The lowest BCUT2D eigenvalue weighted by Gasteiger charge is -2.12. The van der Waals surface area contributed by atoms with Crippen molar-refractivity contribution < 1.29 is 22.5 Å². The summed E-state index contributed by atoms with van der Waals surface area (Å²) in [6, 6.07) is 7.02. The molecule has 0 heterocycles. The van der Waals surface area contributed by atoms with E-state index < -0.39 is 16.1 Å². The van der Waals surface area contributed by atoms with Gasteiger partial charge in [-0.05, 0) is 101 Å². The van der Waals surface area contributed by atoms with Crippen LogP contribution in [-0.2, 0) is 21.3 Å². The number of aryl methyl sites for hydroxylation is 3. The summed E-state index contributed by atoms with van der Waals surface area (Å²) in [5.41, 5.74) is 4.63. The Morgan fingerprint density at radius 2 is 1.54 bits per heavy atom. The van der Waals surface area contributed by atoms with Gasteiger partial charge in [-0.2, -0.15) is 8.42 Å². The van der Waals surface area contributed by atoms with E-state index in [1.54, 1.807) is 45.2 Å². The Bertz CT molecular complexity index is 922. The van der Waals surface area contributed by atoms with Crippen LogP contribution in [0.15, 0.2) is 29.2 Å².